The van der Waals surface area contributed by atoms with Gasteiger partial charge in [-0.25, -0.2) is 4.39 Å². The van der Waals surface area contributed by atoms with Crippen LogP contribution < -0.4 is 9.80 Å². The molecule has 0 bridgehead atoms. The summed E-state index contributed by atoms with van der Waals surface area (Å²) in [6.07, 6.45) is 1.76. The molecule has 1 aromatic carbocycles. The number of amides is 1. The van der Waals surface area contributed by atoms with Gasteiger partial charge in [0.05, 0.1) is 25.1 Å². The minimum Gasteiger partial charge on any atom is -0.378 e. The second-order valence-corrected chi connectivity index (χ2v) is 7.11. The van der Waals surface area contributed by atoms with Crippen LogP contribution in [0.1, 0.15) is 15.9 Å². The van der Waals surface area contributed by atoms with Gasteiger partial charge in [0, 0.05) is 50.9 Å². The maximum atomic E-state index is 13.8. The highest BCUT2D eigenvalue weighted by Gasteiger charge is 2.24. The van der Waals surface area contributed by atoms with Crippen molar-refractivity contribution in [1.82, 2.24) is 15.1 Å². The number of halogens is 1. The van der Waals surface area contributed by atoms with Crippen molar-refractivity contribution in [1.29, 1.82) is 0 Å². The predicted molar refractivity (Wildman–Crippen MR) is 104 cm³/mol. The summed E-state index contributed by atoms with van der Waals surface area (Å²) in [6, 6.07) is 6.71. The zero-order valence-corrected chi connectivity index (χ0v) is 16.0. The molecule has 0 saturated carbocycles. The molecule has 7 nitrogen and oxygen atoms in total. The van der Waals surface area contributed by atoms with Crippen LogP contribution in [0.15, 0.2) is 30.5 Å². The number of hydrogen-bond acceptors (Lipinski definition) is 6. The molecular weight excluding hydrogens is 361 g/mol. The lowest BCUT2D eigenvalue weighted by Gasteiger charge is -2.36. The predicted octanol–water partition coefficient (Wildman–Crippen LogP) is 1.72. The maximum absolute atomic E-state index is 13.8. The van der Waals surface area contributed by atoms with E-state index in [2.05, 4.69) is 20.0 Å². The first-order valence-electron chi connectivity index (χ1n) is 9.57. The number of hydrogen-bond donors (Lipinski definition) is 0. The number of aromatic nitrogens is 2. The zero-order valence-electron chi connectivity index (χ0n) is 16.0. The third kappa shape index (κ3) is 3.91. The Balaban J connectivity index is 1.40. The number of benzene rings is 1. The molecule has 0 atom stereocenters. The Morgan fingerprint density at radius 3 is 2.50 bits per heavy atom. The fourth-order valence-electron chi connectivity index (χ4n) is 3.54. The van der Waals surface area contributed by atoms with Crippen molar-refractivity contribution in [2.24, 2.45) is 0 Å². The molecule has 0 N–H and O–H groups in total. The van der Waals surface area contributed by atoms with Gasteiger partial charge >= 0.3 is 0 Å². The lowest BCUT2D eigenvalue weighted by atomic mass is 10.1. The Bertz CT molecular complexity index is 848. The summed E-state index contributed by atoms with van der Waals surface area (Å²) in [6.45, 7) is 7.30. The molecular formula is C20H24FN5O2. The number of morpholine rings is 1. The van der Waals surface area contributed by atoms with E-state index in [1.54, 1.807) is 30.2 Å². The second-order valence-electron chi connectivity index (χ2n) is 7.11. The van der Waals surface area contributed by atoms with E-state index in [0.717, 1.165) is 24.6 Å². The molecule has 2 aliphatic heterocycles. The van der Waals surface area contributed by atoms with E-state index in [1.807, 2.05) is 6.07 Å². The van der Waals surface area contributed by atoms with Crippen LogP contribution in [0.2, 0.25) is 0 Å². The average molecular weight is 385 g/mol. The Kier molecular flexibility index (Phi) is 5.38. The summed E-state index contributed by atoms with van der Waals surface area (Å²) in [7, 11) is 0. The van der Waals surface area contributed by atoms with Gasteiger partial charge in [-0.15, -0.1) is 5.10 Å². The molecule has 0 unspecified atom stereocenters. The number of anilines is 2. The van der Waals surface area contributed by atoms with Gasteiger partial charge in [0.25, 0.3) is 5.91 Å². The van der Waals surface area contributed by atoms with Crippen LogP contribution in [0, 0.1) is 12.7 Å². The number of rotatable bonds is 3. The fraction of sp³-hybridized carbons (Fsp3) is 0.450. The summed E-state index contributed by atoms with van der Waals surface area (Å²) >= 11 is 0. The van der Waals surface area contributed by atoms with Gasteiger partial charge in [-0.05, 0) is 24.6 Å². The van der Waals surface area contributed by atoms with E-state index in [4.69, 9.17) is 4.74 Å². The molecule has 0 aliphatic carbocycles. The van der Waals surface area contributed by atoms with Crippen LogP contribution in [-0.4, -0.2) is 73.5 Å². The molecule has 1 aromatic heterocycles. The van der Waals surface area contributed by atoms with Crippen LogP contribution >= 0.6 is 0 Å². The molecule has 2 aromatic rings. The van der Waals surface area contributed by atoms with Crippen molar-refractivity contribution in [3.05, 3.63) is 47.4 Å². The lowest BCUT2D eigenvalue weighted by Crippen LogP contribution is -2.49. The monoisotopic (exact) mass is 385 g/mol. The summed E-state index contributed by atoms with van der Waals surface area (Å²) in [5.41, 5.74) is 1.95. The average Bonchev–Trinajstić information content (AvgIpc) is 2.76. The quantitative estimate of drug-likeness (QED) is 0.802. The highest BCUT2D eigenvalue weighted by atomic mass is 19.1. The van der Waals surface area contributed by atoms with Crippen LogP contribution in [0.3, 0.4) is 0 Å². The van der Waals surface area contributed by atoms with E-state index in [9.17, 15) is 9.18 Å². The molecule has 4 rings (SSSR count). The van der Waals surface area contributed by atoms with E-state index >= 15 is 0 Å². The molecule has 0 spiro atoms. The normalized spacial score (nSPS) is 17.7. The van der Waals surface area contributed by atoms with Crippen LogP contribution in [0.4, 0.5) is 15.9 Å². The van der Waals surface area contributed by atoms with Gasteiger partial charge in [-0.1, -0.05) is 6.07 Å². The lowest BCUT2D eigenvalue weighted by molar-refractivity contribution is 0.0746. The molecule has 0 radical (unpaired) electrons. The van der Waals surface area contributed by atoms with Gasteiger partial charge in [0.1, 0.15) is 5.82 Å². The highest BCUT2D eigenvalue weighted by Crippen LogP contribution is 2.22. The molecule has 2 fully saturated rings. The van der Waals surface area contributed by atoms with Gasteiger partial charge in [0.15, 0.2) is 5.82 Å². The van der Waals surface area contributed by atoms with Crippen LogP contribution in [-0.2, 0) is 4.74 Å². The summed E-state index contributed by atoms with van der Waals surface area (Å²) in [5.74, 6) is 0.387. The van der Waals surface area contributed by atoms with E-state index < -0.39 is 0 Å². The van der Waals surface area contributed by atoms with Crippen LogP contribution in [0.25, 0.3) is 0 Å². The standard InChI is InChI=1S/C20H24FN5O2/c1-15-2-3-16(12-18(15)21)20(27)26-6-4-24(5-7-26)17-13-19(23-22-14-17)25-8-10-28-11-9-25/h2-3,12-14H,4-11H2,1H3. The molecule has 2 saturated heterocycles. The SMILES string of the molecule is Cc1ccc(C(=O)N2CCN(c3cnnc(N4CCOCC4)c3)CC2)cc1F. The first-order chi connectivity index (χ1) is 13.6. The van der Waals surface area contributed by atoms with E-state index in [0.29, 0.717) is 50.5 Å². The van der Waals surface area contributed by atoms with Crippen molar-refractivity contribution in [2.75, 3.05) is 62.3 Å². The summed E-state index contributed by atoms with van der Waals surface area (Å²) in [5, 5.41) is 8.41. The smallest absolute Gasteiger partial charge is 0.254 e. The van der Waals surface area contributed by atoms with Crippen molar-refractivity contribution in [2.45, 2.75) is 6.92 Å². The molecule has 3 heterocycles. The molecule has 8 heteroatoms. The van der Waals surface area contributed by atoms with Crippen molar-refractivity contribution >= 4 is 17.4 Å². The Labute approximate surface area is 163 Å². The van der Waals surface area contributed by atoms with Gasteiger partial charge < -0.3 is 19.4 Å². The minimum absolute atomic E-state index is 0.125. The number of piperazine rings is 1. The summed E-state index contributed by atoms with van der Waals surface area (Å²) < 4.78 is 19.2. The zero-order chi connectivity index (χ0) is 19.5. The summed E-state index contributed by atoms with van der Waals surface area (Å²) in [4.78, 5) is 18.8. The number of ether oxygens (including phenoxy) is 1. The van der Waals surface area contributed by atoms with Gasteiger partial charge in [0.2, 0.25) is 0 Å². The minimum atomic E-state index is -0.344. The number of nitrogens with zero attached hydrogens (tertiary/aromatic N) is 5. The Hall–Kier alpha value is -2.74. The molecule has 2 aliphatic rings. The van der Waals surface area contributed by atoms with Crippen molar-refractivity contribution < 1.29 is 13.9 Å². The number of aryl methyl sites for hydroxylation is 1. The second kappa shape index (κ2) is 8.10. The van der Waals surface area contributed by atoms with Crippen LogP contribution in [0.5, 0.6) is 0 Å². The van der Waals surface area contributed by atoms with Crippen molar-refractivity contribution in [3.8, 4) is 0 Å². The first-order valence-corrected chi connectivity index (χ1v) is 9.57. The third-order valence-electron chi connectivity index (χ3n) is 5.31. The van der Waals surface area contributed by atoms with E-state index in [1.165, 1.54) is 6.07 Å². The Morgan fingerprint density at radius 2 is 1.79 bits per heavy atom. The van der Waals surface area contributed by atoms with E-state index in [-0.39, 0.29) is 11.7 Å². The van der Waals surface area contributed by atoms with Crippen molar-refractivity contribution in [3.63, 3.8) is 0 Å². The topological polar surface area (TPSA) is 61.8 Å². The van der Waals surface area contributed by atoms with Gasteiger partial charge in [-0.3, -0.25) is 4.79 Å². The molecule has 28 heavy (non-hydrogen) atoms. The number of carbonyl (C=O) groups is 1. The molecule has 148 valence electrons. The highest BCUT2D eigenvalue weighted by molar-refractivity contribution is 5.94. The largest absolute Gasteiger partial charge is 0.378 e. The number of carbonyl (C=O) groups excluding carboxylic acids is 1. The molecule has 1 amide bonds. The first kappa shape index (κ1) is 18.6. The Morgan fingerprint density at radius 1 is 1.04 bits per heavy atom. The maximum Gasteiger partial charge on any atom is 0.254 e. The van der Waals surface area contributed by atoms with Gasteiger partial charge in [-0.2, -0.15) is 5.10 Å². The fourth-order valence-corrected chi connectivity index (χ4v) is 3.54. The third-order valence-corrected chi connectivity index (χ3v) is 5.31.